The first-order valence-electron chi connectivity index (χ1n) is 2.64. The number of hydrogen-bond donors (Lipinski definition) is 0. The highest BCUT2D eigenvalue weighted by molar-refractivity contribution is 6.21. The van der Waals surface area contributed by atoms with E-state index in [-0.39, 0.29) is 11.5 Å². The van der Waals surface area contributed by atoms with Gasteiger partial charge in [0.15, 0.2) is 0 Å². The van der Waals surface area contributed by atoms with Gasteiger partial charge in [0.1, 0.15) is 6.79 Å². The molecule has 0 amide bonds. The van der Waals surface area contributed by atoms with Gasteiger partial charge in [-0.3, -0.25) is 0 Å². The lowest BCUT2D eigenvalue weighted by molar-refractivity contribution is -0.129. The van der Waals surface area contributed by atoms with E-state index in [4.69, 9.17) is 21.1 Å². The van der Waals surface area contributed by atoms with Crippen molar-refractivity contribution in [2.45, 2.75) is 18.4 Å². The van der Waals surface area contributed by atoms with Crippen LogP contribution in [0.15, 0.2) is 0 Å². The first-order valence-corrected chi connectivity index (χ1v) is 3.08. The second-order valence-electron chi connectivity index (χ2n) is 1.88. The third-order valence-electron chi connectivity index (χ3n) is 1.20. The molecule has 1 fully saturated rings. The molecule has 2 unspecified atom stereocenters. The minimum Gasteiger partial charge on any atom is -0.354 e. The molecule has 0 aliphatic carbocycles. The largest absolute Gasteiger partial charge is 0.354 e. The second-order valence-corrected chi connectivity index (χ2v) is 2.44. The lowest BCUT2D eigenvalue weighted by Gasteiger charge is -2.23. The molecule has 2 atom stereocenters. The summed E-state index contributed by atoms with van der Waals surface area (Å²) in [6, 6.07) is 0. The molecule has 0 bridgehead atoms. The van der Waals surface area contributed by atoms with Crippen LogP contribution in [0.25, 0.3) is 0 Å². The summed E-state index contributed by atoms with van der Waals surface area (Å²) in [7, 11) is 0. The maximum Gasteiger partial charge on any atom is 0.147 e. The zero-order valence-corrected chi connectivity index (χ0v) is 5.52. The van der Waals surface area contributed by atoms with E-state index in [1.807, 2.05) is 6.92 Å². The van der Waals surface area contributed by atoms with E-state index < -0.39 is 0 Å². The Morgan fingerprint density at radius 3 is 2.75 bits per heavy atom. The fourth-order valence-corrected chi connectivity index (χ4v) is 0.718. The number of alkyl halides is 1. The molecule has 2 nitrogen and oxygen atoms in total. The highest BCUT2D eigenvalue weighted by Crippen LogP contribution is 2.11. The number of rotatable bonds is 0. The lowest BCUT2D eigenvalue weighted by Crippen LogP contribution is -2.32. The second kappa shape index (κ2) is 2.67. The third-order valence-corrected chi connectivity index (χ3v) is 1.68. The quantitative estimate of drug-likeness (QED) is 0.463. The molecule has 0 saturated carbocycles. The standard InChI is InChI=1S/C5H9ClO2/c1-4-5(6)2-7-3-8-4/h4-5H,2-3H2,1H3. The fourth-order valence-electron chi connectivity index (χ4n) is 0.556. The Morgan fingerprint density at radius 2 is 2.38 bits per heavy atom. The average Bonchev–Trinajstić information content (AvgIpc) is 1.77. The van der Waals surface area contributed by atoms with Crippen LogP contribution in [0.2, 0.25) is 0 Å². The lowest BCUT2D eigenvalue weighted by atomic mass is 10.3. The van der Waals surface area contributed by atoms with Crippen molar-refractivity contribution in [3.05, 3.63) is 0 Å². The van der Waals surface area contributed by atoms with Crippen LogP contribution in [0.5, 0.6) is 0 Å². The van der Waals surface area contributed by atoms with Crippen LogP contribution in [0.1, 0.15) is 6.92 Å². The highest BCUT2D eigenvalue weighted by Gasteiger charge is 2.18. The van der Waals surface area contributed by atoms with Gasteiger partial charge in [0, 0.05) is 0 Å². The Morgan fingerprint density at radius 1 is 1.62 bits per heavy atom. The van der Waals surface area contributed by atoms with Crippen molar-refractivity contribution >= 4 is 11.6 Å². The van der Waals surface area contributed by atoms with Gasteiger partial charge in [-0.1, -0.05) is 0 Å². The summed E-state index contributed by atoms with van der Waals surface area (Å²) in [4.78, 5) is 0. The van der Waals surface area contributed by atoms with Crippen molar-refractivity contribution < 1.29 is 9.47 Å². The normalized spacial score (nSPS) is 39.8. The Bertz CT molecular complexity index is 66.8. The highest BCUT2D eigenvalue weighted by atomic mass is 35.5. The van der Waals surface area contributed by atoms with Gasteiger partial charge >= 0.3 is 0 Å². The molecule has 0 spiro atoms. The van der Waals surface area contributed by atoms with E-state index >= 15 is 0 Å². The van der Waals surface area contributed by atoms with Gasteiger partial charge in [-0.15, -0.1) is 11.6 Å². The molecule has 0 aromatic rings. The average molecular weight is 137 g/mol. The van der Waals surface area contributed by atoms with Crippen molar-refractivity contribution in [3.63, 3.8) is 0 Å². The number of hydrogen-bond acceptors (Lipinski definition) is 2. The molecule has 0 N–H and O–H groups in total. The molecule has 3 heteroatoms. The van der Waals surface area contributed by atoms with E-state index in [2.05, 4.69) is 0 Å². The predicted molar refractivity (Wildman–Crippen MR) is 31.0 cm³/mol. The molecule has 1 saturated heterocycles. The summed E-state index contributed by atoms with van der Waals surface area (Å²) < 4.78 is 9.93. The monoisotopic (exact) mass is 136 g/mol. The molecule has 0 radical (unpaired) electrons. The zero-order valence-electron chi connectivity index (χ0n) is 4.76. The van der Waals surface area contributed by atoms with Crippen molar-refractivity contribution in [1.29, 1.82) is 0 Å². The Kier molecular flexibility index (Phi) is 2.11. The minimum absolute atomic E-state index is 0.0312. The van der Waals surface area contributed by atoms with Gasteiger partial charge in [-0.05, 0) is 6.92 Å². The maximum absolute atomic E-state index is 5.72. The SMILES string of the molecule is CC1OCOCC1Cl. The van der Waals surface area contributed by atoms with E-state index in [1.165, 1.54) is 0 Å². The van der Waals surface area contributed by atoms with Crippen molar-refractivity contribution in [2.24, 2.45) is 0 Å². The van der Waals surface area contributed by atoms with Crippen LogP contribution in [0.4, 0.5) is 0 Å². The van der Waals surface area contributed by atoms with E-state index in [1.54, 1.807) is 0 Å². The molecule has 1 rings (SSSR count). The fraction of sp³-hybridized carbons (Fsp3) is 1.00. The van der Waals surface area contributed by atoms with Gasteiger partial charge in [-0.25, -0.2) is 0 Å². The molecule has 1 heterocycles. The predicted octanol–water partition coefficient (Wildman–Crippen LogP) is 0.987. The summed E-state index contributed by atoms with van der Waals surface area (Å²) >= 11 is 5.72. The third kappa shape index (κ3) is 1.34. The summed E-state index contributed by atoms with van der Waals surface area (Å²) in [5.74, 6) is 0. The van der Waals surface area contributed by atoms with Gasteiger partial charge < -0.3 is 9.47 Å². The maximum atomic E-state index is 5.72. The van der Waals surface area contributed by atoms with Crippen LogP contribution in [0.3, 0.4) is 0 Å². The van der Waals surface area contributed by atoms with Crippen LogP contribution in [-0.4, -0.2) is 24.9 Å². The van der Waals surface area contributed by atoms with Gasteiger partial charge in [0.05, 0.1) is 18.1 Å². The Hall–Kier alpha value is 0.210. The van der Waals surface area contributed by atoms with Crippen molar-refractivity contribution in [2.75, 3.05) is 13.4 Å². The first-order chi connectivity index (χ1) is 3.80. The Labute approximate surface area is 53.7 Å². The minimum atomic E-state index is 0.0312. The van der Waals surface area contributed by atoms with Gasteiger partial charge in [0.2, 0.25) is 0 Å². The zero-order chi connectivity index (χ0) is 5.98. The topological polar surface area (TPSA) is 18.5 Å². The smallest absolute Gasteiger partial charge is 0.147 e. The summed E-state index contributed by atoms with van der Waals surface area (Å²) in [6.07, 6.45) is 0.144. The van der Waals surface area contributed by atoms with Gasteiger partial charge in [-0.2, -0.15) is 0 Å². The first kappa shape index (κ1) is 6.33. The molecular weight excluding hydrogens is 128 g/mol. The van der Waals surface area contributed by atoms with E-state index in [0.29, 0.717) is 13.4 Å². The molecule has 8 heavy (non-hydrogen) atoms. The van der Waals surface area contributed by atoms with Crippen LogP contribution in [0, 0.1) is 0 Å². The van der Waals surface area contributed by atoms with Crippen LogP contribution >= 0.6 is 11.6 Å². The van der Waals surface area contributed by atoms with Crippen LogP contribution < -0.4 is 0 Å². The molecule has 0 aromatic heterocycles. The van der Waals surface area contributed by atoms with E-state index in [9.17, 15) is 0 Å². The molecule has 1 aliphatic rings. The van der Waals surface area contributed by atoms with Gasteiger partial charge in [0.25, 0.3) is 0 Å². The molecular formula is C5H9ClO2. The Balaban J connectivity index is 2.28. The van der Waals surface area contributed by atoms with E-state index in [0.717, 1.165) is 0 Å². The summed E-state index contributed by atoms with van der Waals surface area (Å²) in [5, 5.41) is 0.0312. The summed E-state index contributed by atoms with van der Waals surface area (Å²) in [5.41, 5.74) is 0. The summed E-state index contributed by atoms with van der Waals surface area (Å²) in [6.45, 7) is 2.95. The number of halogens is 1. The van der Waals surface area contributed by atoms with Crippen molar-refractivity contribution in [1.82, 2.24) is 0 Å². The molecule has 0 aromatic carbocycles. The molecule has 1 aliphatic heterocycles. The van der Waals surface area contributed by atoms with Crippen LogP contribution in [-0.2, 0) is 9.47 Å². The van der Waals surface area contributed by atoms with Crippen molar-refractivity contribution in [3.8, 4) is 0 Å². The molecule has 48 valence electrons. The number of ether oxygens (including phenoxy) is 2.